The molecule has 0 heterocycles. The van der Waals surface area contributed by atoms with E-state index in [1.54, 1.807) is 0 Å². The van der Waals surface area contributed by atoms with Gasteiger partial charge in [0.25, 0.3) is 0 Å². The van der Waals surface area contributed by atoms with Gasteiger partial charge in [-0.25, -0.2) is 0 Å². The van der Waals surface area contributed by atoms with Crippen LogP contribution < -0.4 is 27.4 Å². The van der Waals surface area contributed by atoms with Crippen molar-refractivity contribution in [3.05, 3.63) is 0 Å². The number of hydrogen-bond acceptors (Lipinski definition) is 8. The molecule has 0 aliphatic heterocycles. The molecule has 27 heavy (non-hydrogen) atoms. The number of rotatable bonds is 11. The van der Waals surface area contributed by atoms with Crippen molar-refractivity contribution in [1.29, 1.82) is 0 Å². The van der Waals surface area contributed by atoms with Gasteiger partial charge in [-0.2, -0.15) is 0 Å². The minimum absolute atomic E-state index is 0.643. The van der Waals surface area contributed by atoms with Crippen LogP contribution in [0.5, 0.6) is 0 Å². The molecule has 0 saturated heterocycles. The molecule has 0 aromatic heterocycles. The second-order valence-electron chi connectivity index (χ2n) is 5.82. The van der Waals surface area contributed by atoms with Crippen LogP contribution in [0.2, 0.25) is 0 Å². The number of carbonyl (C=O) groups excluding carboxylic acids is 4. The Kier molecular flexibility index (Phi) is 9.92. The van der Waals surface area contributed by atoms with E-state index in [-0.39, 0.29) is 0 Å². The van der Waals surface area contributed by atoms with Crippen LogP contribution in [0.3, 0.4) is 0 Å². The minimum Gasteiger partial charge on any atom is -0.480 e. The molecular formula is C14H25N5O8. The summed E-state index contributed by atoms with van der Waals surface area (Å²) in [5, 5.41) is 33.6. The van der Waals surface area contributed by atoms with Gasteiger partial charge in [-0.1, -0.05) is 0 Å². The zero-order valence-electron chi connectivity index (χ0n) is 14.8. The van der Waals surface area contributed by atoms with Crippen molar-refractivity contribution in [3.8, 4) is 0 Å². The number of carboxylic acids is 1. The van der Waals surface area contributed by atoms with Gasteiger partial charge in [0, 0.05) is 0 Å². The number of carboxylic acid groups (broad SMARTS) is 1. The summed E-state index contributed by atoms with van der Waals surface area (Å²) in [6.45, 7) is 1.62. The molecule has 0 aliphatic carbocycles. The Bertz CT molecular complexity index is 582. The van der Waals surface area contributed by atoms with Crippen molar-refractivity contribution < 1.29 is 39.3 Å². The molecular weight excluding hydrogens is 366 g/mol. The molecule has 0 spiro atoms. The van der Waals surface area contributed by atoms with E-state index < -0.39 is 72.9 Å². The summed E-state index contributed by atoms with van der Waals surface area (Å²) in [6.07, 6.45) is -2.07. The highest BCUT2D eigenvalue weighted by Gasteiger charge is 2.32. The van der Waals surface area contributed by atoms with Crippen molar-refractivity contribution in [1.82, 2.24) is 16.0 Å². The van der Waals surface area contributed by atoms with E-state index in [4.69, 9.17) is 21.7 Å². The lowest BCUT2D eigenvalue weighted by Crippen LogP contribution is -2.60. The Morgan fingerprint density at radius 1 is 0.963 bits per heavy atom. The smallest absolute Gasteiger partial charge is 0.325 e. The predicted molar refractivity (Wildman–Crippen MR) is 89.7 cm³/mol. The zero-order valence-corrected chi connectivity index (χ0v) is 14.8. The fourth-order valence-electron chi connectivity index (χ4n) is 1.80. The summed E-state index contributed by atoms with van der Waals surface area (Å²) in [7, 11) is 0. The van der Waals surface area contributed by atoms with Crippen molar-refractivity contribution in [2.24, 2.45) is 11.5 Å². The number of primary amides is 1. The summed E-state index contributed by atoms with van der Waals surface area (Å²) in [5.74, 6) is -5.28. The van der Waals surface area contributed by atoms with E-state index in [9.17, 15) is 29.1 Å². The standard InChI is InChI=1S/C14H25N5O8/c1-5(14(26)27)17-13(25)10(6(2)21)19-12(24)8(3-9(16)22)18-11(23)7(15)4-20/h5-8,10,20-21H,3-4,15H2,1-2H3,(H2,16,22)(H,17,25)(H,18,23)(H,19,24)(H,26,27). The average molecular weight is 391 g/mol. The maximum Gasteiger partial charge on any atom is 0.325 e. The third kappa shape index (κ3) is 8.44. The lowest BCUT2D eigenvalue weighted by molar-refractivity contribution is -0.142. The minimum atomic E-state index is -1.57. The van der Waals surface area contributed by atoms with Crippen LogP contribution in [0.1, 0.15) is 20.3 Å². The fourth-order valence-corrected chi connectivity index (χ4v) is 1.80. The number of aliphatic hydroxyl groups is 2. The Morgan fingerprint density at radius 3 is 1.93 bits per heavy atom. The van der Waals surface area contributed by atoms with E-state index in [2.05, 4.69) is 16.0 Å². The van der Waals surface area contributed by atoms with Crippen LogP contribution in [0.25, 0.3) is 0 Å². The van der Waals surface area contributed by atoms with Crippen LogP contribution in [0, 0.1) is 0 Å². The molecule has 0 rings (SSSR count). The molecule has 5 atom stereocenters. The molecule has 0 aromatic rings. The highest BCUT2D eigenvalue weighted by Crippen LogP contribution is 2.00. The SMILES string of the molecule is CC(NC(=O)C(NC(=O)C(CC(N)=O)NC(=O)C(N)CO)C(C)O)C(=O)O. The lowest BCUT2D eigenvalue weighted by Gasteiger charge is -2.25. The van der Waals surface area contributed by atoms with Crippen LogP contribution in [-0.4, -0.2) is 81.8 Å². The highest BCUT2D eigenvalue weighted by atomic mass is 16.4. The summed E-state index contributed by atoms with van der Waals surface area (Å²) in [5.41, 5.74) is 10.3. The highest BCUT2D eigenvalue weighted by molar-refractivity contribution is 5.96. The summed E-state index contributed by atoms with van der Waals surface area (Å²) < 4.78 is 0. The van der Waals surface area contributed by atoms with Gasteiger partial charge in [0.05, 0.1) is 19.1 Å². The predicted octanol–water partition coefficient (Wildman–Crippen LogP) is -4.88. The molecule has 0 bridgehead atoms. The second-order valence-corrected chi connectivity index (χ2v) is 5.82. The Hall–Kier alpha value is -2.77. The molecule has 10 N–H and O–H groups in total. The molecule has 4 amide bonds. The van der Waals surface area contributed by atoms with Crippen molar-refractivity contribution in [2.45, 2.75) is 50.5 Å². The van der Waals surface area contributed by atoms with Gasteiger partial charge < -0.3 is 42.7 Å². The molecule has 0 saturated carbocycles. The van der Waals surface area contributed by atoms with Gasteiger partial charge in [0.15, 0.2) is 0 Å². The maximum atomic E-state index is 12.3. The normalized spacial score (nSPS) is 16.2. The fraction of sp³-hybridized carbons (Fsp3) is 0.643. The van der Waals surface area contributed by atoms with Gasteiger partial charge in [0.2, 0.25) is 23.6 Å². The number of amides is 4. The average Bonchev–Trinajstić information content (AvgIpc) is 2.56. The molecule has 13 nitrogen and oxygen atoms in total. The number of hydrogen-bond donors (Lipinski definition) is 8. The summed E-state index contributed by atoms with van der Waals surface area (Å²) >= 11 is 0. The molecule has 0 fully saturated rings. The number of nitrogens with two attached hydrogens (primary N) is 2. The van der Waals surface area contributed by atoms with Gasteiger partial charge >= 0.3 is 5.97 Å². The van der Waals surface area contributed by atoms with Gasteiger partial charge in [-0.3, -0.25) is 24.0 Å². The van der Waals surface area contributed by atoms with Crippen LogP contribution in [0.15, 0.2) is 0 Å². The largest absolute Gasteiger partial charge is 0.480 e. The zero-order chi connectivity index (χ0) is 21.3. The van der Waals surface area contributed by atoms with Crippen LogP contribution >= 0.6 is 0 Å². The second kappa shape index (κ2) is 11.1. The van der Waals surface area contributed by atoms with Crippen LogP contribution in [-0.2, 0) is 24.0 Å². The number of nitrogens with one attached hydrogen (secondary N) is 3. The Labute approximate surface area is 154 Å². The molecule has 0 aliphatic rings. The summed E-state index contributed by atoms with van der Waals surface area (Å²) in [6, 6.07) is -5.75. The first kappa shape index (κ1) is 24.2. The number of aliphatic hydroxyl groups excluding tert-OH is 2. The van der Waals surface area contributed by atoms with Gasteiger partial charge in [-0.05, 0) is 13.8 Å². The number of aliphatic carboxylic acids is 1. The van der Waals surface area contributed by atoms with Crippen LogP contribution in [0.4, 0.5) is 0 Å². The lowest BCUT2D eigenvalue weighted by atomic mass is 10.1. The van der Waals surface area contributed by atoms with E-state index in [0.717, 1.165) is 0 Å². The molecule has 154 valence electrons. The first-order valence-electron chi connectivity index (χ1n) is 7.87. The van der Waals surface area contributed by atoms with E-state index >= 15 is 0 Å². The van der Waals surface area contributed by atoms with E-state index in [0.29, 0.717) is 0 Å². The number of carbonyl (C=O) groups is 5. The van der Waals surface area contributed by atoms with Crippen molar-refractivity contribution in [2.75, 3.05) is 6.61 Å². The van der Waals surface area contributed by atoms with E-state index in [1.165, 1.54) is 13.8 Å². The van der Waals surface area contributed by atoms with Gasteiger partial charge in [-0.15, -0.1) is 0 Å². The first-order valence-corrected chi connectivity index (χ1v) is 7.87. The Balaban J connectivity index is 5.26. The van der Waals surface area contributed by atoms with Crippen molar-refractivity contribution in [3.63, 3.8) is 0 Å². The maximum absolute atomic E-state index is 12.3. The third-order valence-electron chi connectivity index (χ3n) is 3.36. The molecule has 0 aromatic carbocycles. The topological polar surface area (TPSA) is 234 Å². The molecule has 13 heteroatoms. The van der Waals surface area contributed by atoms with Gasteiger partial charge in [0.1, 0.15) is 24.2 Å². The third-order valence-corrected chi connectivity index (χ3v) is 3.36. The van der Waals surface area contributed by atoms with E-state index in [1.807, 2.05) is 0 Å². The molecule has 5 unspecified atom stereocenters. The van der Waals surface area contributed by atoms with Crippen molar-refractivity contribution >= 4 is 29.6 Å². The monoisotopic (exact) mass is 391 g/mol. The molecule has 0 radical (unpaired) electrons. The Morgan fingerprint density at radius 2 is 1.52 bits per heavy atom. The summed E-state index contributed by atoms with van der Waals surface area (Å²) in [4.78, 5) is 58.0. The quantitative estimate of drug-likeness (QED) is 0.168. The first-order chi connectivity index (χ1) is 12.4.